The highest BCUT2D eigenvalue weighted by atomic mass is 35.5. The Hall–Kier alpha value is -1.75. The van der Waals surface area contributed by atoms with E-state index in [2.05, 4.69) is 10.6 Å². The fourth-order valence-corrected chi connectivity index (χ4v) is 3.83. The molecule has 6 heteroatoms. The average Bonchev–Trinajstić information content (AvgIpc) is 3.32. The van der Waals surface area contributed by atoms with Gasteiger partial charge in [0.1, 0.15) is 5.75 Å². The van der Waals surface area contributed by atoms with Crippen LogP contribution in [0.4, 0.5) is 5.69 Å². The number of benzene rings is 2. The Bertz CT molecular complexity index is 774. The summed E-state index contributed by atoms with van der Waals surface area (Å²) in [6.45, 7) is 2.03. The lowest BCUT2D eigenvalue weighted by Crippen LogP contribution is -2.31. The van der Waals surface area contributed by atoms with Crippen LogP contribution < -0.4 is 15.4 Å². The minimum atomic E-state index is 0. The number of ether oxygens (including phenoxy) is 1. The van der Waals surface area contributed by atoms with Gasteiger partial charge in [-0.3, -0.25) is 4.79 Å². The van der Waals surface area contributed by atoms with Crippen molar-refractivity contribution in [3.05, 3.63) is 53.6 Å². The van der Waals surface area contributed by atoms with E-state index in [4.69, 9.17) is 16.3 Å². The zero-order valence-electron chi connectivity index (χ0n) is 14.3. The lowest BCUT2D eigenvalue weighted by molar-refractivity contribution is -0.118. The van der Waals surface area contributed by atoms with Crippen LogP contribution in [0, 0.1) is 11.3 Å². The molecular weight excluding hydrogens is 371 g/mol. The van der Waals surface area contributed by atoms with Crippen molar-refractivity contribution in [3.8, 4) is 11.5 Å². The zero-order valence-corrected chi connectivity index (χ0v) is 15.9. The van der Waals surface area contributed by atoms with Crippen LogP contribution in [0.5, 0.6) is 11.5 Å². The van der Waals surface area contributed by atoms with Gasteiger partial charge < -0.3 is 15.4 Å². The van der Waals surface area contributed by atoms with E-state index in [1.807, 2.05) is 36.4 Å². The van der Waals surface area contributed by atoms with E-state index in [1.54, 1.807) is 12.1 Å². The Morgan fingerprint density at radius 1 is 1.12 bits per heavy atom. The number of nitrogens with one attached hydrogen (secondary N) is 2. The molecule has 1 aliphatic carbocycles. The van der Waals surface area contributed by atoms with Gasteiger partial charge in [0.2, 0.25) is 5.91 Å². The number of hydrogen-bond donors (Lipinski definition) is 2. The van der Waals surface area contributed by atoms with Gasteiger partial charge in [-0.15, -0.1) is 12.4 Å². The topological polar surface area (TPSA) is 50.4 Å². The molecule has 2 aliphatic rings. The molecule has 138 valence electrons. The third-order valence-corrected chi connectivity index (χ3v) is 5.54. The van der Waals surface area contributed by atoms with Crippen LogP contribution >= 0.6 is 24.0 Å². The molecule has 1 saturated heterocycles. The zero-order chi connectivity index (χ0) is 17.3. The monoisotopic (exact) mass is 392 g/mol. The van der Waals surface area contributed by atoms with E-state index < -0.39 is 0 Å². The van der Waals surface area contributed by atoms with Gasteiger partial charge >= 0.3 is 0 Å². The van der Waals surface area contributed by atoms with E-state index in [0.717, 1.165) is 32.4 Å². The van der Waals surface area contributed by atoms with Gasteiger partial charge in [0, 0.05) is 10.9 Å². The standard InChI is InChI=1S/C20H21ClN2O2.ClH/c21-14-5-7-15(8-6-14)25-18-4-2-1-3-17(18)23-19(24)16-13-20(16)9-11-22-12-10-20;/h1-8,16,22H,9-13H2,(H,23,24);1H. The van der Waals surface area contributed by atoms with Crippen molar-refractivity contribution in [1.82, 2.24) is 5.32 Å². The summed E-state index contributed by atoms with van der Waals surface area (Å²) < 4.78 is 5.92. The van der Waals surface area contributed by atoms with Crippen LogP contribution in [0.15, 0.2) is 48.5 Å². The van der Waals surface area contributed by atoms with Crippen molar-refractivity contribution in [2.75, 3.05) is 18.4 Å². The highest BCUT2D eigenvalue weighted by molar-refractivity contribution is 6.30. The van der Waals surface area contributed by atoms with Crippen molar-refractivity contribution in [3.63, 3.8) is 0 Å². The maximum atomic E-state index is 12.7. The summed E-state index contributed by atoms with van der Waals surface area (Å²) in [7, 11) is 0. The number of amides is 1. The van der Waals surface area contributed by atoms with Gasteiger partial charge in [-0.1, -0.05) is 23.7 Å². The van der Waals surface area contributed by atoms with Gasteiger partial charge in [0.25, 0.3) is 0 Å². The second-order valence-electron chi connectivity index (χ2n) is 6.91. The number of rotatable bonds is 4. The molecule has 4 rings (SSSR count). The molecule has 2 aromatic carbocycles. The predicted octanol–water partition coefficient (Wildman–Crippen LogP) is 4.88. The summed E-state index contributed by atoms with van der Waals surface area (Å²) in [4.78, 5) is 12.7. The Balaban J connectivity index is 0.00000196. The summed E-state index contributed by atoms with van der Waals surface area (Å²) >= 11 is 5.91. The first kappa shape index (κ1) is 19.0. The van der Waals surface area contributed by atoms with E-state index in [-0.39, 0.29) is 29.6 Å². The molecule has 1 unspecified atom stereocenters. The number of carbonyl (C=O) groups excluding carboxylic acids is 1. The van der Waals surface area contributed by atoms with Gasteiger partial charge in [0.15, 0.2) is 5.75 Å². The molecule has 2 N–H and O–H groups in total. The van der Waals surface area contributed by atoms with Gasteiger partial charge in [-0.2, -0.15) is 0 Å². The maximum Gasteiger partial charge on any atom is 0.228 e. The molecule has 1 aliphatic heterocycles. The predicted molar refractivity (Wildman–Crippen MR) is 106 cm³/mol. The molecule has 1 heterocycles. The van der Waals surface area contributed by atoms with Crippen molar-refractivity contribution in [2.24, 2.45) is 11.3 Å². The highest BCUT2D eigenvalue weighted by Crippen LogP contribution is 2.58. The summed E-state index contributed by atoms with van der Waals surface area (Å²) in [5.41, 5.74) is 0.930. The Kier molecular flexibility index (Phi) is 5.76. The van der Waals surface area contributed by atoms with Crippen molar-refractivity contribution in [1.29, 1.82) is 0 Å². The number of piperidine rings is 1. The van der Waals surface area contributed by atoms with Gasteiger partial charge in [-0.25, -0.2) is 0 Å². The second-order valence-corrected chi connectivity index (χ2v) is 7.35. The molecule has 0 radical (unpaired) electrons. The number of para-hydroxylation sites is 2. The lowest BCUT2D eigenvalue weighted by Gasteiger charge is -2.23. The molecule has 2 fully saturated rings. The highest BCUT2D eigenvalue weighted by Gasteiger charge is 2.57. The number of hydrogen-bond acceptors (Lipinski definition) is 3. The summed E-state index contributed by atoms with van der Waals surface area (Å²) in [5, 5.41) is 7.10. The quantitative estimate of drug-likeness (QED) is 0.778. The third kappa shape index (κ3) is 3.98. The van der Waals surface area contributed by atoms with Crippen LogP contribution in [-0.2, 0) is 4.79 Å². The fraction of sp³-hybridized carbons (Fsp3) is 0.350. The summed E-state index contributed by atoms with van der Waals surface area (Å²) in [6, 6.07) is 14.7. The first-order valence-electron chi connectivity index (χ1n) is 8.70. The molecule has 26 heavy (non-hydrogen) atoms. The first-order chi connectivity index (χ1) is 12.2. The molecule has 1 atom stereocenters. The van der Waals surface area contributed by atoms with Crippen LogP contribution in [0.25, 0.3) is 0 Å². The smallest absolute Gasteiger partial charge is 0.228 e. The lowest BCUT2D eigenvalue weighted by atomic mass is 9.92. The molecule has 1 saturated carbocycles. The fourth-order valence-electron chi connectivity index (χ4n) is 3.70. The Morgan fingerprint density at radius 3 is 2.54 bits per heavy atom. The van der Waals surface area contributed by atoms with Crippen LogP contribution in [0.1, 0.15) is 19.3 Å². The molecule has 1 amide bonds. The van der Waals surface area contributed by atoms with Crippen LogP contribution in [0.2, 0.25) is 5.02 Å². The van der Waals surface area contributed by atoms with E-state index in [9.17, 15) is 4.79 Å². The van der Waals surface area contributed by atoms with Crippen molar-refractivity contribution in [2.45, 2.75) is 19.3 Å². The maximum absolute atomic E-state index is 12.7. The number of carbonyl (C=O) groups is 1. The van der Waals surface area contributed by atoms with E-state index in [1.165, 1.54) is 0 Å². The Labute approximate surface area is 164 Å². The Morgan fingerprint density at radius 2 is 1.81 bits per heavy atom. The summed E-state index contributed by atoms with van der Waals surface area (Å²) in [6.07, 6.45) is 3.18. The SMILES string of the molecule is Cl.O=C(Nc1ccccc1Oc1ccc(Cl)cc1)C1CC12CCNCC2. The number of halogens is 2. The van der Waals surface area contributed by atoms with E-state index >= 15 is 0 Å². The van der Waals surface area contributed by atoms with Crippen molar-refractivity contribution >= 4 is 35.6 Å². The third-order valence-electron chi connectivity index (χ3n) is 5.29. The normalized spacial score (nSPS) is 20.1. The molecular formula is C20H22Cl2N2O2. The average molecular weight is 393 g/mol. The molecule has 0 aromatic heterocycles. The van der Waals surface area contributed by atoms with Gasteiger partial charge in [0.05, 0.1) is 5.69 Å². The molecule has 2 aromatic rings. The second kappa shape index (κ2) is 7.87. The first-order valence-corrected chi connectivity index (χ1v) is 9.08. The molecule has 4 nitrogen and oxygen atoms in total. The van der Waals surface area contributed by atoms with E-state index in [0.29, 0.717) is 22.2 Å². The van der Waals surface area contributed by atoms with Crippen LogP contribution in [-0.4, -0.2) is 19.0 Å². The van der Waals surface area contributed by atoms with Gasteiger partial charge in [-0.05, 0) is 74.2 Å². The minimum Gasteiger partial charge on any atom is -0.455 e. The molecule has 0 bridgehead atoms. The largest absolute Gasteiger partial charge is 0.455 e. The number of anilines is 1. The summed E-state index contributed by atoms with van der Waals surface area (Å²) in [5.74, 6) is 1.55. The van der Waals surface area contributed by atoms with Crippen LogP contribution in [0.3, 0.4) is 0 Å². The minimum absolute atomic E-state index is 0. The van der Waals surface area contributed by atoms with Crippen molar-refractivity contribution < 1.29 is 9.53 Å². The molecule has 1 spiro atoms.